The Balaban J connectivity index is 1.58. The molecule has 1 aliphatic rings. The van der Waals surface area contributed by atoms with Gasteiger partial charge < -0.3 is 9.64 Å². The van der Waals surface area contributed by atoms with Crippen molar-refractivity contribution in [3.63, 3.8) is 0 Å². The standard InChI is InChI=1S/C22H28N2O4S/c1-17(2)20-10-9-18(3)15-21(20)28-16-22(25)23-11-13-24(14-12-23)29(26,27)19-7-5-4-6-8-19/h4-10,15,17H,11-14,16H2,1-3H3. The fraction of sp³-hybridized carbons (Fsp3) is 0.409. The molecule has 1 amide bonds. The summed E-state index contributed by atoms with van der Waals surface area (Å²) in [5.41, 5.74) is 2.15. The Morgan fingerprint density at radius 2 is 1.69 bits per heavy atom. The van der Waals surface area contributed by atoms with Crippen LogP contribution >= 0.6 is 0 Å². The minimum Gasteiger partial charge on any atom is -0.483 e. The van der Waals surface area contributed by atoms with Crippen molar-refractivity contribution in [1.29, 1.82) is 0 Å². The summed E-state index contributed by atoms with van der Waals surface area (Å²) in [5, 5.41) is 0. The molecule has 1 aliphatic heterocycles. The van der Waals surface area contributed by atoms with Crippen LogP contribution in [0, 0.1) is 6.92 Å². The molecule has 0 N–H and O–H groups in total. The van der Waals surface area contributed by atoms with Crippen LogP contribution in [0.4, 0.5) is 0 Å². The van der Waals surface area contributed by atoms with Gasteiger partial charge in [0.15, 0.2) is 6.61 Å². The zero-order valence-electron chi connectivity index (χ0n) is 17.2. The second-order valence-electron chi connectivity index (χ2n) is 7.58. The molecule has 0 atom stereocenters. The number of hydrogen-bond donors (Lipinski definition) is 0. The lowest BCUT2D eigenvalue weighted by Crippen LogP contribution is -2.51. The normalized spacial score (nSPS) is 15.5. The van der Waals surface area contributed by atoms with Crippen LogP contribution in [-0.2, 0) is 14.8 Å². The highest BCUT2D eigenvalue weighted by Gasteiger charge is 2.30. The average molecular weight is 417 g/mol. The number of carbonyl (C=O) groups excluding carboxylic acids is 1. The molecule has 0 bridgehead atoms. The van der Waals surface area contributed by atoms with E-state index in [0.717, 1.165) is 16.9 Å². The fourth-order valence-corrected chi connectivity index (χ4v) is 4.84. The third-order valence-electron chi connectivity index (χ3n) is 5.11. The van der Waals surface area contributed by atoms with E-state index >= 15 is 0 Å². The van der Waals surface area contributed by atoms with Crippen molar-refractivity contribution in [3.8, 4) is 5.75 Å². The summed E-state index contributed by atoms with van der Waals surface area (Å²) in [7, 11) is -3.52. The summed E-state index contributed by atoms with van der Waals surface area (Å²) >= 11 is 0. The van der Waals surface area contributed by atoms with Crippen molar-refractivity contribution in [3.05, 3.63) is 59.7 Å². The van der Waals surface area contributed by atoms with Crippen LogP contribution in [0.3, 0.4) is 0 Å². The smallest absolute Gasteiger partial charge is 0.260 e. The lowest BCUT2D eigenvalue weighted by atomic mass is 10.0. The number of amides is 1. The second kappa shape index (κ2) is 8.97. The minimum absolute atomic E-state index is 0.0470. The Morgan fingerprint density at radius 3 is 2.31 bits per heavy atom. The molecular formula is C22H28N2O4S. The van der Waals surface area contributed by atoms with Gasteiger partial charge in [-0.15, -0.1) is 0 Å². The first-order chi connectivity index (χ1) is 13.8. The summed E-state index contributed by atoms with van der Waals surface area (Å²) in [6.45, 7) is 7.41. The molecule has 29 heavy (non-hydrogen) atoms. The molecule has 0 radical (unpaired) electrons. The summed E-state index contributed by atoms with van der Waals surface area (Å²) in [6, 6.07) is 14.4. The number of rotatable bonds is 6. The van der Waals surface area contributed by atoms with Crippen LogP contribution in [0.5, 0.6) is 5.75 Å². The van der Waals surface area contributed by atoms with Crippen LogP contribution in [0.1, 0.15) is 30.9 Å². The van der Waals surface area contributed by atoms with Crippen LogP contribution in [0.25, 0.3) is 0 Å². The van der Waals surface area contributed by atoms with Gasteiger partial charge in [-0.3, -0.25) is 4.79 Å². The van der Waals surface area contributed by atoms with Gasteiger partial charge in [0, 0.05) is 26.2 Å². The van der Waals surface area contributed by atoms with Crippen molar-refractivity contribution in [2.75, 3.05) is 32.8 Å². The highest BCUT2D eigenvalue weighted by atomic mass is 32.2. The number of benzene rings is 2. The lowest BCUT2D eigenvalue weighted by Gasteiger charge is -2.34. The Labute approximate surface area is 173 Å². The monoisotopic (exact) mass is 416 g/mol. The molecule has 2 aromatic carbocycles. The Kier molecular flexibility index (Phi) is 6.59. The fourth-order valence-electron chi connectivity index (χ4n) is 3.39. The number of sulfonamides is 1. The molecule has 1 heterocycles. The van der Waals surface area contributed by atoms with E-state index in [2.05, 4.69) is 13.8 Å². The molecule has 6 nitrogen and oxygen atoms in total. The van der Waals surface area contributed by atoms with Gasteiger partial charge in [-0.1, -0.05) is 44.2 Å². The quantitative estimate of drug-likeness (QED) is 0.726. The number of hydrogen-bond acceptors (Lipinski definition) is 4. The lowest BCUT2D eigenvalue weighted by molar-refractivity contribution is -0.134. The molecule has 0 saturated carbocycles. The Bertz CT molecular complexity index is 950. The van der Waals surface area contributed by atoms with E-state index in [9.17, 15) is 13.2 Å². The summed E-state index contributed by atoms with van der Waals surface area (Å²) in [6.07, 6.45) is 0. The summed E-state index contributed by atoms with van der Waals surface area (Å²) in [5.74, 6) is 0.907. The highest BCUT2D eigenvalue weighted by Crippen LogP contribution is 2.27. The van der Waals surface area contributed by atoms with E-state index in [-0.39, 0.29) is 30.5 Å². The van der Waals surface area contributed by atoms with Crippen molar-refractivity contribution in [1.82, 2.24) is 9.21 Å². The van der Waals surface area contributed by atoms with E-state index in [1.807, 2.05) is 25.1 Å². The van der Waals surface area contributed by atoms with Crippen LogP contribution in [0.15, 0.2) is 53.4 Å². The van der Waals surface area contributed by atoms with E-state index in [0.29, 0.717) is 19.0 Å². The van der Waals surface area contributed by atoms with E-state index in [1.54, 1.807) is 35.2 Å². The van der Waals surface area contributed by atoms with Gasteiger partial charge in [0.25, 0.3) is 5.91 Å². The van der Waals surface area contributed by atoms with Crippen molar-refractivity contribution in [2.45, 2.75) is 31.6 Å². The topological polar surface area (TPSA) is 66.9 Å². The van der Waals surface area contributed by atoms with Gasteiger partial charge in [0.1, 0.15) is 5.75 Å². The maximum Gasteiger partial charge on any atom is 0.260 e. The van der Waals surface area contributed by atoms with E-state index < -0.39 is 10.0 Å². The predicted molar refractivity (Wildman–Crippen MR) is 113 cm³/mol. The average Bonchev–Trinajstić information content (AvgIpc) is 2.72. The van der Waals surface area contributed by atoms with Crippen LogP contribution in [0.2, 0.25) is 0 Å². The molecule has 1 fully saturated rings. The molecule has 0 aromatic heterocycles. The van der Waals surface area contributed by atoms with Crippen LogP contribution in [-0.4, -0.2) is 56.3 Å². The van der Waals surface area contributed by atoms with E-state index in [4.69, 9.17) is 4.74 Å². The van der Waals surface area contributed by atoms with Crippen molar-refractivity contribution >= 4 is 15.9 Å². The van der Waals surface area contributed by atoms with Gasteiger partial charge in [-0.05, 0) is 42.2 Å². The third-order valence-corrected chi connectivity index (χ3v) is 7.03. The van der Waals surface area contributed by atoms with Gasteiger partial charge in [0.05, 0.1) is 4.90 Å². The Morgan fingerprint density at radius 1 is 1.03 bits per heavy atom. The van der Waals surface area contributed by atoms with Gasteiger partial charge in [-0.2, -0.15) is 4.31 Å². The van der Waals surface area contributed by atoms with Crippen molar-refractivity contribution in [2.24, 2.45) is 0 Å². The molecule has 1 saturated heterocycles. The first-order valence-electron chi connectivity index (χ1n) is 9.85. The third kappa shape index (κ3) is 4.97. The SMILES string of the molecule is Cc1ccc(C(C)C)c(OCC(=O)N2CCN(S(=O)(=O)c3ccccc3)CC2)c1. The zero-order chi connectivity index (χ0) is 21.0. The number of ether oxygens (including phenoxy) is 1. The molecule has 7 heteroatoms. The second-order valence-corrected chi connectivity index (χ2v) is 9.52. The van der Waals surface area contributed by atoms with Crippen LogP contribution < -0.4 is 4.74 Å². The molecule has 2 aromatic rings. The first kappa shape index (κ1) is 21.3. The number of aryl methyl sites for hydroxylation is 1. The summed E-state index contributed by atoms with van der Waals surface area (Å²) < 4.78 is 32.7. The predicted octanol–water partition coefficient (Wildman–Crippen LogP) is 3.03. The summed E-state index contributed by atoms with van der Waals surface area (Å²) in [4.78, 5) is 14.5. The molecule has 0 aliphatic carbocycles. The maximum absolute atomic E-state index is 12.7. The first-order valence-corrected chi connectivity index (χ1v) is 11.3. The molecule has 3 rings (SSSR count). The number of nitrogens with zero attached hydrogens (tertiary/aromatic N) is 2. The largest absolute Gasteiger partial charge is 0.483 e. The van der Waals surface area contributed by atoms with Gasteiger partial charge >= 0.3 is 0 Å². The van der Waals surface area contributed by atoms with Crippen molar-refractivity contribution < 1.29 is 17.9 Å². The number of piperazine rings is 1. The Hall–Kier alpha value is -2.38. The molecule has 0 unspecified atom stereocenters. The minimum atomic E-state index is -3.52. The molecular weight excluding hydrogens is 388 g/mol. The highest BCUT2D eigenvalue weighted by molar-refractivity contribution is 7.89. The van der Waals surface area contributed by atoms with Gasteiger partial charge in [-0.25, -0.2) is 8.42 Å². The van der Waals surface area contributed by atoms with E-state index in [1.165, 1.54) is 4.31 Å². The zero-order valence-corrected chi connectivity index (χ0v) is 18.0. The molecule has 156 valence electrons. The van der Waals surface area contributed by atoms with Gasteiger partial charge in [0.2, 0.25) is 10.0 Å². The molecule has 0 spiro atoms. The maximum atomic E-state index is 12.7. The number of carbonyl (C=O) groups is 1.